The Morgan fingerprint density at radius 1 is 1.29 bits per heavy atom. The number of rotatable bonds is 1. The summed E-state index contributed by atoms with van der Waals surface area (Å²) in [4.78, 5) is 0.951. The van der Waals surface area contributed by atoms with Crippen molar-refractivity contribution < 1.29 is 5.11 Å². The van der Waals surface area contributed by atoms with Gasteiger partial charge < -0.3 is 5.11 Å². The maximum Gasteiger partial charge on any atom is 0.124 e. The molecule has 0 saturated carbocycles. The van der Waals surface area contributed by atoms with Gasteiger partial charge in [0.15, 0.2) is 0 Å². The van der Waals surface area contributed by atoms with Gasteiger partial charge in [0.25, 0.3) is 0 Å². The lowest BCUT2D eigenvalue weighted by Gasteiger charge is -2.22. The predicted molar refractivity (Wildman–Crippen MR) is 71.8 cm³/mol. The highest BCUT2D eigenvalue weighted by Gasteiger charge is 2.39. The first-order chi connectivity index (χ1) is 8.09. The van der Waals surface area contributed by atoms with Crippen LogP contribution < -0.4 is 0 Å². The molecule has 1 nitrogen and oxygen atoms in total. The van der Waals surface area contributed by atoms with Crippen LogP contribution in [0.4, 0.5) is 0 Å². The molecular formula is C14H13ClOS. The van der Waals surface area contributed by atoms with E-state index in [4.69, 9.17) is 11.6 Å². The zero-order valence-electron chi connectivity index (χ0n) is 9.53. The summed E-state index contributed by atoms with van der Waals surface area (Å²) < 4.78 is 0.731. The van der Waals surface area contributed by atoms with Gasteiger partial charge in [-0.05, 0) is 43.0 Å². The van der Waals surface area contributed by atoms with Gasteiger partial charge in [-0.3, -0.25) is 0 Å². The summed E-state index contributed by atoms with van der Waals surface area (Å²) in [6.45, 7) is 2.06. The van der Waals surface area contributed by atoms with Crippen molar-refractivity contribution in [1.82, 2.24) is 0 Å². The van der Waals surface area contributed by atoms with E-state index in [0.717, 1.165) is 27.6 Å². The second-order valence-corrected chi connectivity index (χ2v) is 6.34. The minimum absolute atomic E-state index is 0.731. The highest BCUT2D eigenvalue weighted by molar-refractivity contribution is 7.16. The second-order valence-electron chi connectivity index (χ2n) is 4.62. The molecule has 1 aromatic carbocycles. The molecule has 1 aliphatic rings. The molecule has 2 aromatic rings. The Hall–Kier alpha value is -0.830. The van der Waals surface area contributed by atoms with E-state index >= 15 is 0 Å². The lowest BCUT2D eigenvalue weighted by Crippen LogP contribution is -2.22. The van der Waals surface area contributed by atoms with Crippen LogP contribution in [0.5, 0.6) is 0 Å². The Bertz CT molecular complexity index is 575. The number of hydrogen-bond donors (Lipinski definition) is 1. The number of benzene rings is 1. The first-order valence-electron chi connectivity index (χ1n) is 5.68. The normalized spacial score (nSPS) is 22.8. The van der Waals surface area contributed by atoms with Crippen molar-refractivity contribution in [2.75, 3.05) is 0 Å². The maximum atomic E-state index is 10.9. The van der Waals surface area contributed by atoms with Crippen LogP contribution in [0.3, 0.4) is 0 Å². The number of halogens is 1. The molecule has 0 amide bonds. The van der Waals surface area contributed by atoms with Crippen molar-refractivity contribution in [2.45, 2.75) is 25.4 Å². The van der Waals surface area contributed by atoms with E-state index in [1.807, 2.05) is 12.1 Å². The van der Waals surface area contributed by atoms with Gasteiger partial charge in [0.2, 0.25) is 0 Å². The fourth-order valence-corrected chi connectivity index (χ4v) is 3.71. The van der Waals surface area contributed by atoms with Gasteiger partial charge in [-0.25, -0.2) is 0 Å². The smallest absolute Gasteiger partial charge is 0.124 e. The summed E-state index contributed by atoms with van der Waals surface area (Å²) >= 11 is 7.44. The molecule has 0 spiro atoms. The lowest BCUT2D eigenvalue weighted by molar-refractivity contribution is 0.0868. The van der Waals surface area contributed by atoms with Crippen LogP contribution in [0.1, 0.15) is 28.0 Å². The summed E-state index contributed by atoms with van der Waals surface area (Å²) in [5.74, 6) is 0. The second kappa shape index (κ2) is 3.84. The van der Waals surface area contributed by atoms with Gasteiger partial charge in [0, 0.05) is 4.88 Å². The van der Waals surface area contributed by atoms with E-state index < -0.39 is 5.60 Å². The standard InChI is InChI=1S/C14H13ClOS/c1-9-2-3-10-6-7-14(16,11(10)8-9)12-4-5-13(15)17-12/h2-5,8,16H,6-7H2,1H3. The quantitative estimate of drug-likeness (QED) is 0.828. The number of aliphatic hydroxyl groups is 1. The Morgan fingerprint density at radius 3 is 2.82 bits per heavy atom. The van der Waals surface area contributed by atoms with E-state index in [1.165, 1.54) is 22.5 Å². The Kier molecular flexibility index (Phi) is 2.54. The monoisotopic (exact) mass is 264 g/mol. The van der Waals surface area contributed by atoms with Gasteiger partial charge in [0.05, 0.1) is 4.34 Å². The van der Waals surface area contributed by atoms with Crippen LogP contribution in [0.25, 0.3) is 0 Å². The molecule has 0 saturated heterocycles. The Labute approximate surface area is 110 Å². The van der Waals surface area contributed by atoms with Crippen LogP contribution in [-0.2, 0) is 12.0 Å². The molecule has 3 heteroatoms. The molecule has 0 radical (unpaired) electrons. The number of fused-ring (bicyclic) bond motifs is 1. The highest BCUT2D eigenvalue weighted by Crippen LogP contribution is 2.45. The molecular weight excluding hydrogens is 252 g/mol. The van der Waals surface area contributed by atoms with Crippen molar-refractivity contribution >= 4 is 22.9 Å². The van der Waals surface area contributed by atoms with Gasteiger partial charge in [0.1, 0.15) is 5.60 Å². The maximum absolute atomic E-state index is 10.9. The van der Waals surface area contributed by atoms with Crippen LogP contribution in [0, 0.1) is 6.92 Å². The van der Waals surface area contributed by atoms with Gasteiger partial charge in [-0.1, -0.05) is 35.4 Å². The van der Waals surface area contributed by atoms with Gasteiger partial charge in [-0.15, -0.1) is 11.3 Å². The molecule has 1 unspecified atom stereocenters. The summed E-state index contributed by atoms with van der Waals surface area (Å²) in [5, 5.41) is 10.9. The average Bonchev–Trinajstić information content (AvgIpc) is 2.86. The molecule has 17 heavy (non-hydrogen) atoms. The summed E-state index contributed by atoms with van der Waals surface area (Å²) in [6.07, 6.45) is 1.68. The first kappa shape index (κ1) is 11.3. The molecule has 0 fully saturated rings. The van der Waals surface area contributed by atoms with E-state index in [2.05, 4.69) is 25.1 Å². The number of thiophene rings is 1. The first-order valence-corrected chi connectivity index (χ1v) is 6.87. The Morgan fingerprint density at radius 2 is 2.12 bits per heavy atom. The van der Waals surface area contributed by atoms with E-state index in [-0.39, 0.29) is 0 Å². The lowest BCUT2D eigenvalue weighted by atomic mass is 9.93. The van der Waals surface area contributed by atoms with Gasteiger partial charge in [-0.2, -0.15) is 0 Å². The van der Waals surface area contributed by atoms with Crippen molar-refractivity contribution in [3.05, 3.63) is 56.2 Å². The minimum Gasteiger partial charge on any atom is -0.380 e. The predicted octanol–water partition coefficient (Wildman–Crippen LogP) is 3.89. The topological polar surface area (TPSA) is 20.2 Å². The zero-order chi connectivity index (χ0) is 12.0. The summed E-state index contributed by atoms with van der Waals surface area (Å²) in [6, 6.07) is 10.1. The van der Waals surface area contributed by atoms with Crippen LogP contribution in [0.2, 0.25) is 4.34 Å². The van der Waals surface area contributed by atoms with Crippen molar-refractivity contribution in [3.8, 4) is 0 Å². The van der Waals surface area contributed by atoms with Crippen LogP contribution in [0.15, 0.2) is 30.3 Å². The van der Waals surface area contributed by atoms with Crippen molar-refractivity contribution in [1.29, 1.82) is 0 Å². The Balaban J connectivity index is 2.16. The zero-order valence-corrected chi connectivity index (χ0v) is 11.1. The number of hydrogen-bond acceptors (Lipinski definition) is 2. The third-order valence-corrected chi connectivity index (χ3v) is 4.83. The molecule has 1 N–H and O–H groups in total. The molecule has 0 bridgehead atoms. The molecule has 1 aliphatic carbocycles. The average molecular weight is 265 g/mol. The van der Waals surface area contributed by atoms with Gasteiger partial charge >= 0.3 is 0 Å². The highest BCUT2D eigenvalue weighted by atomic mass is 35.5. The summed E-state index contributed by atoms with van der Waals surface area (Å²) in [5.41, 5.74) is 2.66. The minimum atomic E-state index is -0.834. The largest absolute Gasteiger partial charge is 0.380 e. The van der Waals surface area contributed by atoms with Crippen LogP contribution >= 0.6 is 22.9 Å². The van der Waals surface area contributed by atoms with E-state index in [0.29, 0.717) is 0 Å². The molecule has 3 rings (SSSR count). The molecule has 1 aromatic heterocycles. The third kappa shape index (κ3) is 1.71. The molecule has 1 atom stereocenters. The fourth-order valence-electron chi connectivity index (χ4n) is 2.54. The van der Waals surface area contributed by atoms with Crippen LogP contribution in [-0.4, -0.2) is 5.11 Å². The summed E-state index contributed by atoms with van der Waals surface area (Å²) in [7, 11) is 0. The molecule has 88 valence electrons. The SMILES string of the molecule is Cc1ccc2c(c1)C(O)(c1ccc(Cl)s1)CC2. The molecule has 1 heterocycles. The van der Waals surface area contributed by atoms with Crippen molar-refractivity contribution in [2.24, 2.45) is 0 Å². The van der Waals surface area contributed by atoms with E-state index in [9.17, 15) is 5.11 Å². The fraction of sp³-hybridized carbons (Fsp3) is 0.286. The third-order valence-electron chi connectivity index (χ3n) is 3.45. The van der Waals surface area contributed by atoms with E-state index in [1.54, 1.807) is 0 Å². The molecule has 0 aliphatic heterocycles. The number of aryl methyl sites for hydroxylation is 2. The van der Waals surface area contributed by atoms with Crippen molar-refractivity contribution in [3.63, 3.8) is 0 Å².